The van der Waals surface area contributed by atoms with Crippen LogP contribution in [0.5, 0.6) is 0 Å². The molecule has 0 unspecified atom stereocenters. The fourth-order valence-corrected chi connectivity index (χ4v) is 2.52. The van der Waals surface area contributed by atoms with E-state index in [9.17, 15) is 4.79 Å². The lowest BCUT2D eigenvalue weighted by molar-refractivity contribution is -0.139. The van der Waals surface area contributed by atoms with E-state index < -0.39 is 5.54 Å². The molecule has 118 valence electrons. The standard InChI is InChI=1S/C16H24Cl2N2O/c1-6-19-16(4,5)15(21)20(11(2)3)10-12-7-8-13(17)14(18)9-12/h7-9,11,19H,6,10H2,1-5H3. The molecule has 0 aliphatic carbocycles. The Morgan fingerprint density at radius 2 is 1.90 bits per heavy atom. The highest BCUT2D eigenvalue weighted by Crippen LogP contribution is 2.24. The molecule has 0 spiro atoms. The van der Waals surface area contributed by atoms with Crippen molar-refractivity contribution in [2.24, 2.45) is 0 Å². The second kappa shape index (κ2) is 7.48. The van der Waals surface area contributed by atoms with E-state index in [1.807, 2.05) is 51.7 Å². The van der Waals surface area contributed by atoms with Crippen LogP contribution in [0.25, 0.3) is 0 Å². The largest absolute Gasteiger partial charge is 0.334 e. The first kappa shape index (κ1) is 18.3. The van der Waals surface area contributed by atoms with Gasteiger partial charge in [0.05, 0.1) is 15.6 Å². The van der Waals surface area contributed by atoms with Gasteiger partial charge in [-0.25, -0.2) is 0 Å². The van der Waals surface area contributed by atoms with E-state index in [4.69, 9.17) is 23.2 Å². The summed E-state index contributed by atoms with van der Waals surface area (Å²) in [5.41, 5.74) is 0.383. The van der Waals surface area contributed by atoms with Gasteiger partial charge in [0.1, 0.15) is 0 Å². The maximum atomic E-state index is 12.8. The number of amides is 1. The van der Waals surface area contributed by atoms with Crippen LogP contribution in [0.1, 0.15) is 40.2 Å². The van der Waals surface area contributed by atoms with E-state index in [0.717, 1.165) is 12.1 Å². The molecule has 1 aromatic carbocycles. The summed E-state index contributed by atoms with van der Waals surface area (Å²) >= 11 is 12.0. The number of nitrogens with one attached hydrogen (secondary N) is 1. The Kier molecular flexibility index (Phi) is 6.51. The summed E-state index contributed by atoms with van der Waals surface area (Å²) in [6.07, 6.45) is 0. The zero-order valence-corrected chi connectivity index (χ0v) is 14.8. The molecule has 0 aliphatic rings. The normalized spacial score (nSPS) is 11.8. The van der Waals surface area contributed by atoms with Crippen LogP contribution in [0.15, 0.2) is 18.2 Å². The van der Waals surface area contributed by atoms with Crippen molar-refractivity contribution in [1.82, 2.24) is 10.2 Å². The van der Waals surface area contributed by atoms with Crippen LogP contribution in [0, 0.1) is 0 Å². The predicted molar refractivity (Wildman–Crippen MR) is 89.9 cm³/mol. The molecule has 3 nitrogen and oxygen atoms in total. The van der Waals surface area contributed by atoms with Gasteiger partial charge < -0.3 is 10.2 Å². The summed E-state index contributed by atoms with van der Waals surface area (Å²) in [5.74, 6) is 0.0745. The number of nitrogens with zero attached hydrogens (tertiary/aromatic N) is 1. The number of carbonyl (C=O) groups excluding carboxylic acids is 1. The molecule has 1 aromatic rings. The topological polar surface area (TPSA) is 32.3 Å². The van der Waals surface area contributed by atoms with Gasteiger partial charge in [-0.3, -0.25) is 4.79 Å². The van der Waals surface area contributed by atoms with Crippen molar-refractivity contribution >= 4 is 29.1 Å². The van der Waals surface area contributed by atoms with Crippen molar-refractivity contribution in [3.63, 3.8) is 0 Å². The predicted octanol–water partition coefficient (Wildman–Crippen LogP) is 4.12. The van der Waals surface area contributed by atoms with Crippen molar-refractivity contribution in [2.75, 3.05) is 6.54 Å². The van der Waals surface area contributed by atoms with Crippen LogP contribution < -0.4 is 5.32 Å². The summed E-state index contributed by atoms with van der Waals surface area (Å²) in [5, 5.41) is 4.26. The van der Waals surface area contributed by atoms with Gasteiger partial charge >= 0.3 is 0 Å². The number of carbonyl (C=O) groups is 1. The van der Waals surface area contributed by atoms with Gasteiger partial charge in [0.15, 0.2) is 0 Å². The van der Waals surface area contributed by atoms with Gasteiger partial charge in [0.25, 0.3) is 0 Å². The Morgan fingerprint density at radius 1 is 1.29 bits per heavy atom. The average molecular weight is 331 g/mol. The minimum absolute atomic E-state index is 0.0745. The van der Waals surface area contributed by atoms with Crippen LogP contribution in [0.2, 0.25) is 10.0 Å². The van der Waals surface area contributed by atoms with Crippen molar-refractivity contribution in [1.29, 1.82) is 0 Å². The van der Waals surface area contributed by atoms with Gasteiger partial charge in [-0.05, 0) is 51.9 Å². The Balaban J connectivity index is 2.97. The molecule has 0 aromatic heterocycles. The molecule has 5 heteroatoms. The molecular formula is C16H24Cl2N2O. The molecule has 0 saturated carbocycles. The third-order valence-corrected chi connectivity index (χ3v) is 4.11. The van der Waals surface area contributed by atoms with Gasteiger partial charge in [-0.2, -0.15) is 0 Å². The molecule has 0 bridgehead atoms. The third kappa shape index (κ3) is 4.87. The minimum atomic E-state index is -0.588. The molecule has 1 N–H and O–H groups in total. The Bertz CT molecular complexity index is 501. The molecule has 1 rings (SSSR count). The number of rotatable bonds is 6. The van der Waals surface area contributed by atoms with E-state index in [0.29, 0.717) is 16.6 Å². The summed E-state index contributed by atoms with van der Waals surface area (Å²) < 4.78 is 0. The Morgan fingerprint density at radius 3 is 2.38 bits per heavy atom. The SMILES string of the molecule is CCNC(C)(C)C(=O)N(Cc1ccc(Cl)c(Cl)c1)C(C)C. The van der Waals surface area contributed by atoms with E-state index in [-0.39, 0.29) is 11.9 Å². The lowest BCUT2D eigenvalue weighted by Crippen LogP contribution is -2.55. The molecule has 21 heavy (non-hydrogen) atoms. The van der Waals surface area contributed by atoms with Gasteiger partial charge in [-0.15, -0.1) is 0 Å². The average Bonchev–Trinajstić information content (AvgIpc) is 2.38. The maximum absolute atomic E-state index is 12.8. The van der Waals surface area contributed by atoms with Crippen LogP contribution in [0.4, 0.5) is 0 Å². The number of likely N-dealkylation sites (N-methyl/N-ethyl adjacent to an activating group) is 1. The van der Waals surface area contributed by atoms with E-state index >= 15 is 0 Å². The first-order valence-corrected chi connectivity index (χ1v) is 7.94. The van der Waals surface area contributed by atoms with E-state index in [1.165, 1.54) is 0 Å². The van der Waals surface area contributed by atoms with Crippen molar-refractivity contribution < 1.29 is 4.79 Å². The Labute approximate surface area is 137 Å². The summed E-state index contributed by atoms with van der Waals surface area (Å²) in [6.45, 7) is 11.1. The quantitative estimate of drug-likeness (QED) is 0.850. The maximum Gasteiger partial charge on any atom is 0.242 e. The molecule has 0 saturated heterocycles. The second-order valence-corrected chi connectivity index (χ2v) is 6.74. The lowest BCUT2D eigenvalue weighted by atomic mass is 10.0. The minimum Gasteiger partial charge on any atom is -0.334 e. The smallest absolute Gasteiger partial charge is 0.242 e. The molecule has 1 amide bonds. The zero-order chi connectivity index (χ0) is 16.2. The molecule has 0 radical (unpaired) electrons. The summed E-state index contributed by atoms with van der Waals surface area (Å²) in [4.78, 5) is 14.6. The zero-order valence-electron chi connectivity index (χ0n) is 13.3. The Hall–Kier alpha value is -0.770. The molecule has 0 fully saturated rings. The number of hydrogen-bond acceptors (Lipinski definition) is 2. The number of benzene rings is 1. The lowest BCUT2D eigenvalue weighted by Gasteiger charge is -2.35. The van der Waals surface area contributed by atoms with Gasteiger partial charge in [-0.1, -0.05) is 36.2 Å². The fraction of sp³-hybridized carbons (Fsp3) is 0.562. The molecule has 0 heterocycles. The van der Waals surface area contributed by atoms with Crippen molar-refractivity contribution in [3.8, 4) is 0 Å². The monoisotopic (exact) mass is 330 g/mol. The van der Waals surface area contributed by atoms with Gasteiger partial charge in [0.2, 0.25) is 5.91 Å². The van der Waals surface area contributed by atoms with Crippen LogP contribution in [0.3, 0.4) is 0 Å². The van der Waals surface area contributed by atoms with Crippen LogP contribution in [-0.4, -0.2) is 28.9 Å². The molecule has 0 atom stereocenters. The molecular weight excluding hydrogens is 307 g/mol. The summed E-state index contributed by atoms with van der Waals surface area (Å²) in [7, 11) is 0. The number of hydrogen-bond donors (Lipinski definition) is 1. The summed E-state index contributed by atoms with van der Waals surface area (Å²) in [6, 6.07) is 5.58. The van der Waals surface area contributed by atoms with Gasteiger partial charge in [0, 0.05) is 12.6 Å². The first-order valence-electron chi connectivity index (χ1n) is 7.19. The van der Waals surface area contributed by atoms with E-state index in [2.05, 4.69) is 5.32 Å². The van der Waals surface area contributed by atoms with Crippen molar-refractivity contribution in [3.05, 3.63) is 33.8 Å². The van der Waals surface area contributed by atoms with Crippen LogP contribution in [-0.2, 0) is 11.3 Å². The first-order chi connectivity index (χ1) is 9.69. The van der Waals surface area contributed by atoms with Crippen LogP contribution >= 0.6 is 23.2 Å². The highest BCUT2D eigenvalue weighted by atomic mass is 35.5. The highest BCUT2D eigenvalue weighted by Gasteiger charge is 2.32. The van der Waals surface area contributed by atoms with E-state index in [1.54, 1.807) is 6.07 Å². The fourth-order valence-electron chi connectivity index (χ4n) is 2.20. The molecule has 0 aliphatic heterocycles. The second-order valence-electron chi connectivity index (χ2n) is 5.93. The highest BCUT2D eigenvalue weighted by molar-refractivity contribution is 6.42. The van der Waals surface area contributed by atoms with Crippen molar-refractivity contribution in [2.45, 2.75) is 52.7 Å². The number of halogens is 2. The third-order valence-electron chi connectivity index (χ3n) is 3.37.